The predicted molar refractivity (Wildman–Crippen MR) is 342 cm³/mol. The molecule has 0 bridgehead atoms. The van der Waals surface area contributed by atoms with Gasteiger partial charge in [0.25, 0.3) is 7.82 Å². The highest BCUT2D eigenvalue weighted by atomic mass is 31.2. The first kappa shape index (κ1) is 78.2. The highest BCUT2D eigenvalue weighted by molar-refractivity contribution is 7.45. The summed E-state index contributed by atoms with van der Waals surface area (Å²) in [5.41, 5.74) is 0. The van der Waals surface area contributed by atoms with Crippen LogP contribution in [0.1, 0.15) is 348 Å². The molecule has 10 heteroatoms. The number of hydrogen-bond donors (Lipinski definition) is 0. The van der Waals surface area contributed by atoms with Crippen LogP contribution >= 0.6 is 7.82 Å². The number of phosphoric ester groups is 1. The number of hydrogen-bond acceptors (Lipinski definition) is 8. The Morgan fingerprint density at radius 3 is 1.00 bits per heavy atom. The van der Waals surface area contributed by atoms with Gasteiger partial charge in [-0.3, -0.25) is 14.2 Å². The van der Waals surface area contributed by atoms with Gasteiger partial charge in [0.2, 0.25) is 0 Å². The third-order valence-electron chi connectivity index (χ3n) is 15.6. The summed E-state index contributed by atoms with van der Waals surface area (Å²) in [4.78, 5) is 38.0. The minimum Gasteiger partial charge on any atom is -0.756 e. The van der Waals surface area contributed by atoms with Gasteiger partial charge in [-0.25, -0.2) is 0 Å². The second-order valence-corrected chi connectivity index (χ2v) is 26.3. The zero-order valence-electron chi connectivity index (χ0n) is 53.8. The van der Waals surface area contributed by atoms with Crippen LogP contribution in [-0.2, 0) is 32.7 Å². The monoisotopic (exact) mass is 1150 g/mol. The van der Waals surface area contributed by atoms with E-state index in [1.807, 2.05) is 21.1 Å². The second kappa shape index (κ2) is 61.8. The number of likely N-dealkylation sites (N-methyl/N-ethyl adjacent to an activating group) is 1. The number of unbranched alkanes of at least 4 members (excludes halogenated alkanes) is 45. The quantitative estimate of drug-likeness (QED) is 0.0195. The lowest BCUT2D eigenvalue weighted by Gasteiger charge is -2.28. The van der Waals surface area contributed by atoms with Crippen molar-refractivity contribution in [2.75, 3.05) is 47.5 Å². The maximum absolute atomic E-state index is 12.9. The van der Waals surface area contributed by atoms with E-state index >= 15 is 0 Å². The van der Waals surface area contributed by atoms with Crippen LogP contribution in [0, 0.1) is 0 Å². The second-order valence-electron chi connectivity index (χ2n) is 24.9. The molecule has 0 aromatic heterocycles. The summed E-state index contributed by atoms with van der Waals surface area (Å²) in [7, 11) is 1.18. The van der Waals surface area contributed by atoms with E-state index < -0.39 is 26.5 Å². The number of rotatable bonds is 65. The normalized spacial score (nSPS) is 13.3. The molecule has 472 valence electrons. The van der Waals surface area contributed by atoms with Crippen molar-refractivity contribution in [3.63, 3.8) is 0 Å². The van der Waals surface area contributed by atoms with Crippen LogP contribution in [0.4, 0.5) is 0 Å². The number of ether oxygens (including phenoxy) is 2. The topological polar surface area (TPSA) is 111 Å². The molecular formula is C70H134NO8P. The summed E-state index contributed by atoms with van der Waals surface area (Å²) in [6.45, 7) is 4.29. The Hall–Kier alpha value is -1.77. The van der Waals surface area contributed by atoms with Crippen molar-refractivity contribution >= 4 is 19.8 Å². The van der Waals surface area contributed by atoms with E-state index in [1.165, 1.54) is 276 Å². The van der Waals surface area contributed by atoms with Gasteiger partial charge in [-0.15, -0.1) is 0 Å². The fourth-order valence-corrected chi connectivity index (χ4v) is 11.0. The number of quaternary nitrogens is 1. The highest BCUT2D eigenvalue weighted by Gasteiger charge is 2.22. The molecule has 0 aromatic carbocycles. The van der Waals surface area contributed by atoms with Crippen molar-refractivity contribution in [1.82, 2.24) is 0 Å². The largest absolute Gasteiger partial charge is 0.756 e. The van der Waals surface area contributed by atoms with Gasteiger partial charge in [0.05, 0.1) is 27.7 Å². The molecule has 0 N–H and O–H groups in total. The van der Waals surface area contributed by atoms with Crippen LogP contribution in [0.25, 0.3) is 0 Å². The van der Waals surface area contributed by atoms with E-state index in [9.17, 15) is 19.0 Å². The summed E-state index contributed by atoms with van der Waals surface area (Å²) >= 11 is 0. The smallest absolute Gasteiger partial charge is 0.306 e. The Kier molecular flexibility index (Phi) is 60.4. The van der Waals surface area contributed by atoms with Crippen LogP contribution in [-0.4, -0.2) is 70.0 Å². The highest BCUT2D eigenvalue weighted by Crippen LogP contribution is 2.38. The fraction of sp³-hybridized carbons (Fsp3) is 0.886. The van der Waals surface area contributed by atoms with Crippen LogP contribution in [0.5, 0.6) is 0 Å². The first-order valence-electron chi connectivity index (χ1n) is 34.7. The van der Waals surface area contributed by atoms with Crippen molar-refractivity contribution in [3.05, 3.63) is 36.5 Å². The van der Waals surface area contributed by atoms with Crippen molar-refractivity contribution in [3.8, 4) is 0 Å². The summed E-state index contributed by atoms with van der Waals surface area (Å²) in [5, 5.41) is 0. The van der Waals surface area contributed by atoms with Gasteiger partial charge < -0.3 is 27.9 Å². The average molecular weight is 1150 g/mol. The van der Waals surface area contributed by atoms with E-state index in [1.54, 1.807) is 0 Å². The van der Waals surface area contributed by atoms with Crippen molar-refractivity contribution in [2.45, 2.75) is 354 Å². The van der Waals surface area contributed by atoms with E-state index in [0.717, 1.165) is 38.5 Å². The molecule has 0 aliphatic heterocycles. The van der Waals surface area contributed by atoms with Crippen LogP contribution in [0.2, 0.25) is 0 Å². The SMILES string of the molecule is CCCCCCC/C=C\C/C=C\CCCCCCCCCCCCCCCCCCCCCCCC(=O)OC(COC(=O)CCCCCCCCCCCCC/C=C\CCCCCCCCCC)COP(=O)([O-])OCC[N+](C)(C)C. The number of phosphoric acid groups is 1. The van der Waals surface area contributed by atoms with Gasteiger partial charge in [0, 0.05) is 12.8 Å². The number of allylic oxidation sites excluding steroid dienone is 6. The molecule has 0 fully saturated rings. The summed E-state index contributed by atoms with van der Waals surface area (Å²) in [5.74, 6) is -0.815. The standard InChI is InChI=1S/C70H134NO8P/c1-6-8-10-12-14-16-18-20-22-24-26-28-30-31-32-33-34-35-36-37-38-39-41-43-45-47-49-51-53-55-57-59-61-63-70(73)79-68(67-78-80(74,75)77-65-64-71(3,4)5)66-76-69(72)62-60-58-56-54-52-50-48-46-44-42-40-29-27-25-23-21-19-17-15-13-11-9-7-2/h18,20,24-27,68H,6-17,19,21-23,28-67H2,1-5H3/b20-18-,26-24-,27-25-. The maximum Gasteiger partial charge on any atom is 0.306 e. The molecule has 0 aliphatic carbocycles. The number of esters is 2. The van der Waals surface area contributed by atoms with Gasteiger partial charge in [0.1, 0.15) is 19.8 Å². The van der Waals surface area contributed by atoms with Crippen molar-refractivity contribution < 1.29 is 42.1 Å². The molecule has 80 heavy (non-hydrogen) atoms. The molecule has 2 atom stereocenters. The zero-order chi connectivity index (χ0) is 58.4. The summed E-state index contributed by atoms with van der Waals surface area (Å²) in [6, 6.07) is 0. The molecule has 0 rings (SSSR count). The van der Waals surface area contributed by atoms with E-state index in [2.05, 4.69) is 50.3 Å². The lowest BCUT2D eigenvalue weighted by Crippen LogP contribution is -2.37. The van der Waals surface area contributed by atoms with E-state index in [0.29, 0.717) is 17.4 Å². The van der Waals surface area contributed by atoms with E-state index in [4.69, 9.17) is 18.5 Å². The van der Waals surface area contributed by atoms with Crippen LogP contribution < -0.4 is 4.89 Å². The van der Waals surface area contributed by atoms with Crippen molar-refractivity contribution in [2.24, 2.45) is 0 Å². The molecule has 0 saturated carbocycles. The maximum atomic E-state index is 12.9. The van der Waals surface area contributed by atoms with Gasteiger partial charge in [-0.05, 0) is 70.6 Å². The first-order valence-corrected chi connectivity index (χ1v) is 36.2. The fourth-order valence-electron chi connectivity index (χ4n) is 10.3. The lowest BCUT2D eigenvalue weighted by molar-refractivity contribution is -0.870. The Balaban J connectivity index is 3.99. The third-order valence-corrected chi connectivity index (χ3v) is 16.6. The molecular weight excluding hydrogens is 1010 g/mol. The molecule has 0 spiro atoms. The Morgan fingerprint density at radius 2 is 0.675 bits per heavy atom. The third kappa shape index (κ3) is 65.4. The molecule has 0 aliphatic rings. The van der Waals surface area contributed by atoms with E-state index in [-0.39, 0.29) is 32.0 Å². The van der Waals surface area contributed by atoms with Crippen molar-refractivity contribution in [1.29, 1.82) is 0 Å². The Morgan fingerprint density at radius 1 is 0.388 bits per heavy atom. The number of nitrogens with zero attached hydrogens (tertiary/aromatic N) is 1. The number of carbonyl (C=O) groups excluding carboxylic acids is 2. The summed E-state index contributed by atoms with van der Waals surface area (Å²) in [6.07, 6.45) is 78.0. The summed E-state index contributed by atoms with van der Waals surface area (Å²) < 4.78 is 34.3. The first-order chi connectivity index (χ1) is 39.0. The minimum absolute atomic E-state index is 0.0283. The minimum atomic E-state index is -4.64. The molecule has 0 heterocycles. The molecule has 0 aromatic rings. The molecule has 9 nitrogen and oxygen atoms in total. The molecule has 0 amide bonds. The van der Waals surface area contributed by atoms with Crippen LogP contribution in [0.15, 0.2) is 36.5 Å². The number of carbonyl (C=O) groups is 2. The molecule has 0 radical (unpaired) electrons. The lowest BCUT2D eigenvalue weighted by atomic mass is 10.0. The predicted octanol–water partition coefficient (Wildman–Crippen LogP) is 21.6. The van der Waals surface area contributed by atoms with Gasteiger partial charge in [0.15, 0.2) is 6.10 Å². The average Bonchev–Trinajstić information content (AvgIpc) is 3.42. The van der Waals surface area contributed by atoms with Gasteiger partial charge >= 0.3 is 11.9 Å². The van der Waals surface area contributed by atoms with Crippen LogP contribution in [0.3, 0.4) is 0 Å². The Labute approximate surface area is 497 Å². The van der Waals surface area contributed by atoms with Gasteiger partial charge in [-0.1, -0.05) is 301 Å². The zero-order valence-corrected chi connectivity index (χ0v) is 54.7. The molecule has 2 unspecified atom stereocenters. The molecule has 0 saturated heterocycles. The Bertz CT molecular complexity index is 1440. The van der Waals surface area contributed by atoms with Gasteiger partial charge in [-0.2, -0.15) is 0 Å².